The van der Waals surface area contributed by atoms with Gasteiger partial charge in [-0.15, -0.1) is 0 Å². The van der Waals surface area contributed by atoms with E-state index in [9.17, 15) is 13.2 Å². The molecule has 0 N–H and O–H groups in total. The number of alkyl halides is 3. The summed E-state index contributed by atoms with van der Waals surface area (Å²) in [7, 11) is -3.47. The minimum absolute atomic E-state index is 0.0789. The zero-order valence-corrected chi connectivity index (χ0v) is 11.7. The summed E-state index contributed by atoms with van der Waals surface area (Å²) in [6, 6.07) is 0. The summed E-state index contributed by atoms with van der Waals surface area (Å²) in [5, 5.41) is 0. The smallest absolute Gasteiger partial charge is 0.400 e. The van der Waals surface area contributed by atoms with Gasteiger partial charge >= 0.3 is 22.0 Å². The van der Waals surface area contributed by atoms with Gasteiger partial charge in [0.05, 0.1) is 20.0 Å². The van der Waals surface area contributed by atoms with Gasteiger partial charge in [-0.1, -0.05) is 0 Å². The van der Waals surface area contributed by atoms with E-state index in [1.165, 1.54) is 0 Å². The first kappa shape index (κ1) is 18.8. The number of halogens is 3. The Hall–Kier alpha value is -0.255. The summed E-state index contributed by atoms with van der Waals surface area (Å²) in [6.45, 7) is -1.36. The van der Waals surface area contributed by atoms with Gasteiger partial charge in [-0.3, -0.25) is 13.2 Å². The summed E-state index contributed by atoms with van der Waals surface area (Å²) in [4.78, 5) is 0. The molecule has 0 aliphatic carbocycles. The number of hydrogen-bond donors (Lipinski definition) is 0. The molecule has 0 radical (unpaired) electrons. The highest BCUT2D eigenvalue weighted by Gasteiger charge is 2.46. The van der Waals surface area contributed by atoms with Crippen LogP contribution in [0.3, 0.4) is 0 Å². The first-order valence-electron chi connectivity index (χ1n) is 6.79. The molecule has 12 heteroatoms. The molecule has 0 aromatic rings. The fraction of sp³-hybridized carbons (Fsp3) is 1.00. The molecule has 0 atom stereocenters. The van der Waals surface area contributed by atoms with Crippen LogP contribution in [-0.4, -0.2) is 61.8 Å². The molecule has 0 aromatic carbocycles. The van der Waals surface area contributed by atoms with Gasteiger partial charge in [-0.25, -0.2) is 0 Å². The lowest BCUT2D eigenvalue weighted by Gasteiger charge is -2.28. The molecule has 21 heavy (non-hydrogen) atoms. The van der Waals surface area contributed by atoms with Crippen molar-refractivity contribution in [1.82, 2.24) is 0 Å². The Kier molecular flexibility index (Phi) is 11.0. The average Bonchev–Trinajstić information content (AvgIpc) is 2.48. The highest BCUT2D eigenvalue weighted by atomic mass is 19.1. The maximum atomic E-state index is 12.0. The van der Waals surface area contributed by atoms with Crippen LogP contribution in [-0.2, 0) is 27.7 Å². The lowest BCUT2D eigenvalue weighted by molar-refractivity contribution is 0.0637. The first-order chi connectivity index (χ1) is 10.3. The third-order valence-electron chi connectivity index (χ3n) is 2.26. The predicted molar refractivity (Wildman–Crippen MR) is 70.1 cm³/mol. The average molecular weight is 312 g/mol. The molecule has 0 amide bonds. The van der Waals surface area contributed by atoms with Crippen molar-refractivity contribution in [3.63, 3.8) is 0 Å². The van der Waals surface area contributed by atoms with E-state index in [1.807, 2.05) is 0 Å². The fourth-order valence-corrected chi connectivity index (χ4v) is 1.31. The molecule has 1 heterocycles. The molecule has 6 nitrogen and oxygen atoms in total. The van der Waals surface area contributed by atoms with Crippen LogP contribution in [0.1, 0.15) is 19.3 Å². The van der Waals surface area contributed by atoms with Gasteiger partial charge < -0.3 is 27.7 Å². The molecule has 0 spiro atoms. The summed E-state index contributed by atoms with van der Waals surface area (Å²) in [6.07, 6.45) is 0.556. The second kappa shape index (κ2) is 12.3. The Morgan fingerprint density at radius 3 is 1.10 bits per heavy atom. The number of hydrogen-bond acceptors (Lipinski definition) is 6. The van der Waals surface area contributed by atoms with Gasteiger partial charge in [0, 0.05) is 19.8 Å². The molecule has 1 saturated heterocycles. The molecule has 1 aliphatic heterocycles. The topological polar surface area (TPSA) is 55.4 Å². The molecule has 1 rings (SSSR count). The molecule has 0 saturated carbocycles. The van der Waals surface area contributed by atoms with Gasteiger partial charge in [0.25, 0.3) is 0 Å². The van der Waals surface area contributed by atoms with E-state index < -0.39 is 42.0 Å². The third-order valence-corrected chi connectivity index (χ3v) is 2.26. The van der Waals surface area contributed by atoms with Crippen LogP contribution in [0.5, 0.6) is 0 Å². The molecule has 120 valence electrons. The van der Waals surface area contributed by atoms with E-state index in [0.29, 0.717) is 0 Å². The third kappa shape index (κ3) is 8.69. The molecular weight excluding hydrogens is 294 g/mol. The van der Waals surface area contributed by atoms with Crippen molar-refractivity contribution in [2.45, 2.75) is 19.3 Å². The number of rotatable bonds is 12. The van der Waals surface area contributed by atoms with E-state index in [-0.39, 0.29) is 39.1 Å². The van der Waals surface area contributed by atoms with Crippen molar-refractivity contribution in [2.75, 3.05) is 39.8 Å². The summed E-state index contributed by atoms with van der Waals surface area (Å²) in [5.74, 6) is 0. The second-order valence-electron chi connectivity index (χ2n) is 4.01. The molecule has 0 unspecified atom stereocenters. The normalized spacial score (nSPS) is 15.9. The Labute approximate surface area is 123 Å². The van der Waals surface area contributed by atoms with Gasteiger partial charge in [0.15, 0.2) is 0 Å². The predicted octanol–water partition coefficient (Wildman–Crippen LogP) is 1.13. The van der Waals surface area contributed by atoms with Crippen molar-refractivity contribution in [2.24, 2.45) is 0 Å². The molecule has 0 bridgehead atoms. The zero-order valence-electron chi connectivity index (χ0n) is 11.7. The van der Waals surface area contributed by atoms with Crippen LogP contribution in [0, 0.1) is 0 Å². The highest BCUT2D eigenvalue weighted by Crippen LogP contribution is 2.12. The molecule has 0 aromatic heterocycles. The fourth-order valence-electron chi connectivity index (χ4n) is 1.31. The van der Waals surface area contributed by atoms with Crippen LogP contribution in [0.2, 0.25) is 0 Å². The largest absolute Gasteiger partial charge is 0.615 e. The van der Waals surface area contributed by atoms with Crippen molar-refractivity contribution < 1.29 is 40.8 Å². The van der Waals surface area contributed by atoms with Crippen LogP contribution < -0.4 is 0 Å². The Balaban J connectivity index is 2.35. The van der Waals surface area contributed by atoms with E-state index in [0.717, 1.165) is 0 Å². The van der Waals surface area contributed by atoms with Crippen LogP contribution in [0.4, 0.5) is 13.2 Å². The molecule has 1 aliphatic rings. The van der Waals surface area contributed by atoms with E-state index in [1.54, 1.807) is 0 Å². The van der Waals surface area contributed by atoms with Gasteiger partial charge in [-0.2, -0.15) is 0 Å². The van der Waals surface area contributed by atoms with Gasteiger partial charge in [0.1, 0.15) is 0 Å². The quantitative estimate of drug-likeness (QED) is 0.398. The van der Waals surface area contributed by atoms with E-state index >= 15 is 0 Å². The molecular formula is C9H18B3F3O6. The van der Waals surface area contributed by atoms with Crippen molar-refractivity contribution in [3.05, 3.63) is 0 Å². The molecule has 1 fully saturated rings. The summed E-state index contributed by atoms with van der Waals surface area (Å²) in [5.41, 5.74) is 0. The van der Waals surface area contributed by atoms with E-state index in [2.05, 4.69) is 0 Å². The SMILES string of the molecule is FCCCOB1OB(OCCCF)OB(OCCCF)O1. The Bertz CT molecular complexity index is 215. The summed E-state index contributed by atoms with van der Waals surface area (Å²) < 4.78 is 66.8. The maximum absolute atomic E-state index is 12.0. The van der Waals surface area contributed by atoms with Crippen molar-refractivity contribution in [1.29, 1.82) is 0 Å². The van der Waals surface area contributed by atoms with Crippen molar-refractivity contribution in [3.8, 4) is 0 Å². The van der Waals surface area contributed by atoms with E-state index in [4.69, 9.17) is 27.7 Å². The van der Waals surface area contributed by atoms with Crippen LogP contribution >= 0.6 is 0 Å². The summed E-state index contributed by atoms with van der Waals surface area (Å²) >= 11 is 0. The second-order valence-corrected chi connectivity index (χ2v) is 4.01. The van der Waals surface area contributed by atoms with Crippen LogP contribution in [0.25, 0.3) is 0 Å². The zero-order chi connectivity index (χ0) is 15.3. The van der Waals surface area contributed by atoms with Crippen molar-refractivity contribution >= 4 is 22.0 Å². The first-order valence-corrected chi connectivity index (χ1v) is 6.79. The van der Waals surface area contributed by atoms with Gasteiger partial charge in [0.2, 0.25) is 0 Å². The minimum Gasteiger partial charge on any atom is -0.400 e. The maximum Gasteiger partial charge on any atom is 0.615 e. The van der Waals surface area contributed by atoms with Gasteiger partial charge in [-0.05, 0) is 19.3 Å². The highest BCUT2D eigenvalue weighted by molar-refractivity contribution is 6.66. The lowest BCUT2D eigenvalue weighted by atomic mass is 9.96. The Morgan fingerprint density at radius 2 is 0.857 bits per heavy atom. The Morgan fingerprint density at radius 1 is 0.571 bits per heavy atom. The van der Waals surface area contributed by atoms with Crippen LogP contribution in [0.15, 0.2) is 0 Å². The monoisotopic (exact) mass is 312 g/mol. The lowest BCUT2D eigenvalue weighted by Crippen LogP contribution is -2.53. The standard InChI is InChI=1S/C9H18B3F3O6/c13-4-1-7-16-10-19-11(17-8-2-5-14)21-12(20-10)18-9-3-6-15/h1-9H2. The minimum atomic E-state index is -1.16.